The van der Waals surface area contributed by atoms with Crippen LogP contribution in [0.1, 0.15) is 29.4 Å². The lowest BCUT2D eigenvalue weighted by Crippen LogP contribution is -2.26. The summed E-state index contributed by atoms with van der Waals surface area (Å²) in [7, 11) is 0. The van der Waals surface area contributed by atoms with E-state index in [4.69, 9.17) is 5.73 Å². The molecule has 0 aromatic carbocycles. The zero-order chi connectivity index (χ0) is 10.8. The highest BCUT2D eigenvalue weighted by molar-refractivity contribution is 5.94. The van der Waals surface area contributed by atoms with Crippen molar-refractivity contribution < 1.29 is 4.79 Å². The molecule has 1 heterocycles. The molecule has 4 nitrogen and oxygen atoms in total. The molecule has 1 aromatic rings. The lowest BCUT2D eigenvalue weighted by molar-refractivity contribution is 0.0949. The number of amides is 1. The Bertz CT molecular complexity index is 378. The van der Waals surface area contributed by atoms with E-state index in [1.54, 1.807) is 18.3 Å². The molecule has 0 bridgehead atoms. The van der Waals surface area contributed by atoms with Crippen molar-refractivity contribution in [3.8, 4) is 0 Å². The Kier molecular flexibility index (Phi) is 2.68. The van der Waals surface area contributed by atoms with E-state index in [9.17, 15) is 4.79 Å². The number of nitrogens with one attached hydrogen (secondary N) is 1. The van der Waals surface area contributed by atoms with Crippen molar-refractivity contribution in [2.75, 3.05) is 0 Å². The lowest BCUT2D eigenvalue weighted by atomic mass is 10.2. The van der Waals surface area contributed by atoms with Gasteiger partial charge in [0.1, 0.15) is 0 Å². The molecular weight excluding hydrogens is 190 g/mol. The van der Waals surface area contributed by atoms with Gasteiger partial charge in [-0.25, -0.2) is 0 Å². The van der Waals surface area contributed by atoms with E-state index in [2.05, 4.69) is 17.2 Å². The molecule has 0 radical (unpaired) electrons. The van der Waals surface area contributed by atoms with Gasteiger partial charge in [0, 0.05) is 24.3 Å². The van der Waals surface area contributed by atoms with E-state index < -0.39 is 0 Å². The molecule has 1 aliphatic carbocycles. The Morgan fingerprint density at radius 3 is 3.07 bits per heavy atom. The maximum atomic E-state index is 11.7. The largest absolute Gasteiger partial charge is 0.349 e. The van der Waals surface area contributed by atoms with Gasteiger partial charge in [-0.05, 0) is 24.5 Å². The summed E-state index contributed by atoms with van der Waals surface area (Å²) < 4.78 is 0. The number of aromatic nitrogens is 1. The Balaban J connectivity index is 2.04. The van der Waals surface area contributed by atoms with Crippen LogP contribution in [0.25, 0.3) is 0 Å². The van der Waals surface area contributed by atoms with Crippen LogP contribution < -0.4 is 11.1 Å². The summed E-state index contributed by atoms with van der Waals surface area (Å²) in [4.78, 5) is 15.8. The average Bonchev–Trinajstić information content (AvgIpc) is 2.94. The standard InChI is InChI=1S/C11H15N3O/c1-7-4-10(7)14-11(15)8-2-3-13-9(5-8)6-12/h2-3,5,7,10H,4,6,12H2,1H3,(H,14,15). The zero-order valence-electron chi connectivity index (χ0n) is 8.73. The second-order valence-electron chi connectivity index (χ2n) is 4.03. The molecular formula is C11H15N3O. The maximum absolute atomic E-state index is 11.7. The van der Waals surface area contributed by atoms with Crippen molar-refractivity contribution in [1.82, 2.24) is 10.3 Å². The molecule has 1 saturated carbocycles. The smallest absolute Gasteiger partial charge is 0.251 e. The van der Waals surface area contributed by atoms with E-state index in [-0.39, 0.29) is 5.91 Å². The van der Waals surface area contributed by atoms with Crippen LogP contribution in [-0.2, 0) is 6.54 Å². The molecule has 3 N–H and O–H groups in total. The summed E-state index contributed by atoms with van der Waals surface area (Å²) in [6.45, 7) is 2.49. The number of carbonyl (C=O) groups is 1. The molecule has 2 atom stereocenters. The average molecular weight is 205 g/mol. The number of nitrogens with two attached hydrogens (primary N) is 1. The first kappa shape index (κ1) is 10.1. The van der Waals surface area contributed by atoms with Gasteiger partial charge < -0.3 is 11.1 Å². The second kappa shape index (κ2) is 3.98. The highest BCUT2D eigenvalue weighted by atomic mass is 16.1. The maximum Gasteiger partial charge on any atom is 0.251 e. The fraction of sp³-hybridized carbons (Fsp3) is 0.455. The number of carbonyl (C=O) groups excluding carboxylic acids is 1. The molecule has 1 aliphatic rings. The van der Waals surface area contributed by atoms with Crippen LogP contribution in [0.4, 0.5) is 0 Å². The van der Waals surface area contributed by atoms with E-state index in [0.717, 1.165) is 12.1 Å². The number of rotatable bonds is 3. The molecule has 80 valence electrons. The number of pyridine rings is 1. The van der Waals surface area contributed by atoms with E-state index in [1.165, 1.54) is 0 Å². The van der Waals surface area contributed by atoms with Crippen LogP contribution in [0.2, 0.25) is 0 Å². The highest BCUT2D eigenvalue weighted by Gasteiger charge is 2.33. The number of hydrogen-bond donors (Lipinski definition) is 2. The van der Waals surface area contributed by atoms with Gasteiger partial charge in [0.25, 0.3) is 5.91 Å². The monoisotopic (exact) mass is 205 g/mol. The first-order chi connectivity index (χ1) is 7.20. The summed E-state index contributed by atoms with van der Waals surface area (Å²) in [5.41, 5.74) is 6.85. The van der Waals surface area contributed by atoms with Crippen molar-refractivity contribution in [2.24, 2.45) is 11.7 Å². The normalized spacial score (nSPS) is 23.6. The molecule has 0 aliphatic heterocycles. The highest BCUT2D eigenvalue weighted by Crippen LogP contribution is 2.29. The van der Waals surface area contributed by atoms with Crippen molar-refractivity contribution in [3.05, 3.63) is 29.6 Å². The van der Waals surface area contributed by atoms with Crippen LogP contribution in [0, 0.1) is 5.92 Å². The molecule has 4 heteroatoms. The van der Waals surface area contributed by atoms with Crippen LogP contribution in [0.3, 0.4) is 0 Å². The summed E-state index contributed by atoms with van der Waals surface area (Å²) >= 11 is 0. The van der Waals surface area contributed by atoms with Gasteiger partial charge in [-0.1, -0.05) is 6.92 Å². The van der Waals surface area contributed by atoms with Gasteiger partial charge in [-0.15, -0.1) is 0 Å². The van der Waals surface area contributed by atoms with E-state index in [0.29, 0.717) is 24.1 Å². The third-order valence-corrected chi connectivity index (χ3v) is 2.71. The SMILES string of the molecule is CC1CC1NC(=O)c1ccnc(CN)c1. The fourth-order valence-electron chi connectivity index (χ4n) is 1.51. The van der Waals surface area contributed by atoms with Crippen molar-refractivity contribution in [2.45, 2.75) is 25.9 Å². The van der Waals surface area contributed by atoms with Gasteiger partial charge in [0.05, 0.1) is 5.69 Å². The van der Waals surface area contributed by atoms with Crippen molar-refractivity contribution >= 4 is 5.91 Å². The van der Waals surface area contributed by atoms with Crippen molar-refractivity contribution in [3.63, 3.8) is 0 Å². The van der Waals surface area contributed by atoms with Crippen LogP contribution >= 0.6 is 0 Å². The molecule has 0 saturated heterocycles. The van der Waals surface area contributed by atoms with Gasteiger partial charge in [0.2, 0.25) is 0 Å². The Hall–Kier alpha value is -1.42. The van der Waals surface area contributed by atoms with Gasteiger partial charge >= 0.3 is 0 Å². The summed E-state index contributed by atoms with van der Waals surface area (Å²) in [5, 5.41) is 2.96. The topological polar surface area (TPSA) is 68.0 Å². The molecule has 15 heavy (non-hydrogen) atoms. The molecule has 0 spiro atoms. The van der Waals surface area contributed by atoms with Gasteiger partial charge in [0.15, 0.2) is 0 Å². The van der Waals surface area contributed by atoms with E-state index >= 15 is 0 Å². The predicted octanol–water partition coefficient (Wildman–Crippen LogP) is 0.679. The molecule has 2 rings (SSSR count). The van der Waals surface area contributed by atoms with Crippen LogP contribution in [0.15, 0.2) is 18.3 Å². The first-order valence-corrected chi connectivity index (χ1v) is 5.16. The van der Waals surface area contributed by atoms with Crippen LogP contribution in [-0.4, -0.2) is 16.9 Å². The quantitative estimate of drug-likeness (QED) is 0.762. The zero-order valence-corrected chi connectivity index (χ0v) is 8.73. The van der Waals surface area contributed by atoms with E-state index in [1.807, 2.05) is 0 Å². The van der Waals surface area contributed by atoms with Crippen molar-refractivity contribution in [1.29, 1.82) is 0 Å². The van der Waals surface area contributed by atoms with Gasteiger partial charge in [-0.2, -0.15) is 0 Å². The Morgan fingerprint density at radius 2 is 2.47 bits per heavy atom. The predicted molar refractivity (Wildman–Crippen MR) is 57.2 cm³/mol. The third kappa shape index (κ3) is 2.33. The minimum atomic E-state index is -0.0264. The first-order valence-electron chi connectivity index (χ1n) is 5.16. The third-order valence-electron chi connectivity index (χ3n) is 2.71. The molecule has 1 amide bonds. The summed E-state index contributed by atoms with van der Waals surface area (Å²) in [5.74, 6) is 0.589. The molecule has 1 aromatic heterocycles. The number of hydrogen-bond acceptors (Lipinski definition) is 3. The second-order valence-corrected chi connectivity index (χ2v) is 4.03. The summed E-state index contributed by atoms with van der Waals surface area (Å²) in [6.07, 6.45) is 2.70. The summed E-state index contributed by atoms with van der Waals surface area (Å²) in [6, 6.07) is 3.80. The fourth-order valence-corrected chi connectivity index (χ4v) is 1.51. The minimum absolute atomic E-state index is 0.0264. The molecule has 1 fully saturated rings. The molecule has 2 unspecified atom stereocenters. The minimum Gasteiger partial charge on any atom is -0.349 e. The Labute approximate surface area is 88.9 Å². The Morgan fingerprint density at radius 1 is 1.73 bits per heavy atom. The van der Waals surface area contributed by atoms with Gasteiger partial charge in [-0.3, -0.25) is 9.78 Å². The number of nitrogens with zero attached hydrogens (tertiary/aromatic N) is 1. The van der Waals surface area contributed by atoms with Crippen LogP contribution in [0.5, 0.6) is 0 Å². The lowest BCUT2D eigenvalue weighted by Gasteiger charge is -2.04.